The highest BCUT2D eigenvalue weighted by Crippen LogP contribution is 2.70. The zero-order chi connectivity index (χ0) is 21.6. The van der Waals surface area contributed by atoms with Gasteiger partial charge in [-0.1, -0.05) is 39.8 Å². The van der Waals surface area contributed by atoms with Crippen molar-refractivity contribution in [1.82, 2.24) is 0 Å². The average Bonchev–Trinajstić information content (AvgIpc) is 2.83. The van der Waals surface area contributed by atoms with Gasteiger partial charge in [-0.15, -0.1) is 0 Å². The lowest BCUT2D eigenvalue weighted by molar-refractivity contribution is -0.119. The van der Waals surface area contributed by atoms with Crippen LogP contribution in [0.2, 0.25) is 18.1 Å². The number of carbonyl (C=O) groups excluding carboxylic acids is 1. The second-order valence-corrected chi connectivity index (χ2v) is 17.9. The number of fused-ring (bicyclic) bond motifs is 3. The van der Waals surface area contributed by atoms with E-state index >= 15 is 0 Å². The van der Waals surface area contributed by atoms with Gasteiger partial charge < -0.3 is 4.43 Å². The molecule has 0 radical (unpaired) electrons. The number of hydrogen-bond donors (Lipinski definition) is 0. The standard InChI is InChI=1S/C27H42O2Si/c1-24(2,3)30(5,6)29-23-10-9-22-25(23,4)13-11-19-18-20-21(28)8-7-12-26(20)14-16-27(19,22)17-15-26/h11,18,22-23H,7-10,12-17H2,1-6H3/t22-,23+,25+,26?,27?/m1/s1. The smallest absolute Gasteiger partial charge is 0.192 e. The van der Waals surface area contributed by atoms with Gasteiger partial charge in [-0.05, 0) is 104 Å². The summed E-state index contributed by atoms with van der Waals surface area (Å²) in [6.07, 6.45) is 17.2. The summed E-state index contributed by atoms with van der Waals surface area (Å²) < 4.78 is 7.10. The summed E-state index contributed by atoms with van der Waals surface area (Å²) in [6, 6.07) is 0. The van der Waals surface area contributed by atoms with Crippen molar-refractivity contribution in [2.75, 3.05) is 0 Å². The molecule has 0 saturated heterocycles. The molecule has 6 rings (SSSR count). The summed E-state index contributed by atoms with van der Waals surface area (Å²) in [7, 11) is -1.78. The lowest BCUT2D eigenvalue weighted by Crippen LogP contribution is -2.52. The summed E-state index contributed by atoms with van der Waals surface area (Å²) in [6.45, 7) is 14.5. The Kier molecular flexibility index (Phi) is 4.55. The van der Waals surface area contributed by atoms with E-state index in [4.69, 9.17) is 4.43 Å². The molecule has 166 valence electrons. The van der Waals surface area contributed by atoms with Gasteiger partial charge in [0.2, 0.25) is 0 Å². The monoisotopic (exact) mass is 426 g/mol. The van der Waals surface area contributed by atoms with Gasteiger partial charge in [0.05, 0.1) is 6.10 Å². The van der Waals surface area contributed by atoms with Gasteiger partial charge in [0, 0.05) is 12.0 Å². The molecule has 3 heteroatoms. The lowest BCUT2D eigenvalue weighted by Gasteiger charge is -2.56. The van der Waals surface area contributed by atoms with Crippen LogP contribution in [-0.2, 0) is 9.22 Å². The maximum absolute atomic E-state index is 12.9. The Morgan fingerprint density at radius 1 is 1.07 bits per heavy atom. The molecule has 0 N–H and O–H groups in total. The van der Waals surface area contributed by atoms with Crippen LogP contribution in [0.3, 0.4) is 0 Å². The first-order chi connectivity index (χ1) is 13.9. The normalized spacial score (nSPS) is 43.3. The van der Waals surface area contributed by atoms with Crippen LogP contribution in [0.25, 0.3) is 0 Å². The Morgan fingerprint density at radius 3 is 2.43 bits per heavy atom. The SMILES string of the molecule is CC(C)(C)[Si](C)(C)O[C@H]1CC[C@H]2C34CCC5(CCCC(=O)C5=CC3=CC[C@]12C)CC4. The van der Waals surface area contributed by atoms with Gasteiger partial charge in [0.1, 0.15) is 0 Å². The van der Waals surface area contributed by atoms with Crippen molar-refractivity contribution >= 4 is 14.1 Å². The third-order valence-corrected chi connectivity index (χ3v) is 15.3. The minimum absolute atomic E-state index is 0.213. The van der Waals surface area contributed by atoms with E-state index in [0.717, 1.165) is 19.3 Å². The molecule has 30 heavy (non-hydrogen) atoms. The van der Waals surface area contributed by atoms with Crippen molar-refractivity contribution in [3.05, 3.63) is 23.3 Å². The van der Waals surface area contributed by atoms with E-state index in [1.165, 1.54) is 50.5 Å². The van der Waals surface area contributed by atoms with E-state index < -0.39 is 8.32 Å². The fourth-order valence-electron chi connectivity index (χ4n) is 7.92. The zero-order valence-corrected chi connectivity index (χ0v) is 21.2. The number of hydrogen-bond acceptors (Lipinski definition) is 2. The number of carbonyl (C=O) groups is 1. The fraction of sp³-hybridized carbons (Fsp3) is 0.815. The van der Waals surface area contributed by atoms with Crippen LogP contribution >= 0.6 is 0 Å². The van der Waals surface area contributed by atoms with Crippen molar-refractivity contribution < 1.29 is 9.22 Å². The molecular formula is C27H42O2Si. The molecule has 0 aromatic heterocycles. The Bertz CT molecular complexity index is 818. The summed E-state index contributed by atoms with van der Waals surface area (Å²) in [5.41, 5.74) is 3.53. The van der Waals surface area contributed by atoms with E-state index in [-0.39, 0.29) is 15.9 Å². The number of allylic oxidation sites excluding steroid dienone is 4. The van der Waals surface area contributed by atoms with Crippen LogP contribution in [0.4, 0.5) is 0 Å². The first-order valence-corrected chi connectivity index (χ1v) is 15.5. The summed E-state index contributed by atoms with van der Waals surface area (Å²) in [5, 5.41) is 0.259. The molecule has 2 spiro atoms. The largest absolute Gasteiger partial charge is 0.413 e. The van der Waals surface area contributed by atoms with Crippen LogP contribution in [0.1, 0.15) is 91.9 Å². The Hall–Kier alpha value is -0.673. The molecule has 3 atom stereocenters. The molecular weight excluding hydrogens is 384 g/mol. The molecule has 0 heterocycles. The molecule has 6 aliphatic rings. The van der Waals surface area contributed by atoms with Crippen molar-refractivity contribution in [3.8, 4) is 0 Å². The third kappa shape index (κ3) is 2.73. The summed E-state index contributed by atoms with van der Waals surface area (Å²) >= 11 is 0. The summed E-state index contributed by atoms with van der Waals surface area (Å²) in [4.78, 5) is 12.9. The molecule has 0 amide bonds. The molecule has 3 saturated carbocycles. The number of ketones is 1. The van der Waals surface area contributed by atoms with Crippen molar-refractivity contribution in [2.24, 2.45) is 22.2 Å². The highest BCUT2D eigenvalue weighted by Gasteiger charge is 2.63. The summed E-state index contributed by atoms with van der Waals surface area (Å²) in [5.74, 6) is 1.17. The van der Waals surface area contributed by atoms with Gasteiger partial charge >= 0.3 is 0 Å². The quantitative estimate of drug-likeness (QED) is 0.431. The van der Waals surface area contributed by atoms with Gasteiger partial charge in [-0.3, -0.25) is 4.79 Å². The minimum atomic E-state index is -1.78. The predicted octanol–water partition coefficient (Wildman–Crippen LogP) is 7.36. The average molecular weight is 427 g/mol. The second kappa shape index (κ2) is 6.44. The maximum atomic E-state index is 12.9. The van der Waals surface area contributed by atoms with Crippen LogP contribution in [-0.4, -0.2) is 20.2 Å². The van der Waals surface area contributed by atoms with Crippen LogP contribution in [0, 0.1) is 22.2 Å². The lowest BCUT2D eigenvalue weighted by atomic mass is 9.49. The molecule has 0 unspecified atom stereocenters. The molecule has 2 nitrogen and oxygen atoms in total. The third-order valence-electron chi connectivity index (χ3n) is 10.8. The predicted molar refractivity (Wildman–Crippen MR) is 126 cm³/mol. The van der Waals surface area contributed by atoms with Gasteiger partial charge in [0.15, 0.2) is 14.1 Å². The Morgan fingerprint density at radius 2 is 1.77 bits per heavy atom. The maximum Gasteiger partial charge on any atom is 0.192 e. The first-order valence-electron chi connectivity index (χ1n) is 12.6. The van der Waals surface area contributed by atoms with E-state index in [1.807, 2.05) is 0 Å². The van der Waals surface area contributed by atoms with E-state index in [9.17, 15) is 4.79 Å². The Balaban J connectivity index is 1.51. The molecule has 6 aliphatic carbocycles. The second-order valence-electron chi connectivity index (χ2n) is 13.1. The van der Waals surface area contributed by atoms with Crippen molar-refractivity contribution in [3.63, 3.8) is 0 Å². The first kappa shape index (κ1) is 21.2. The number of rotatable bonds is 2. The van der Waals surface area contributed by atoms with Crippen molar-refractivity contribution in [2.45, 2.75) is 116 Å². The fourth-order valence-corrected chi connectivity index (χ4v) is 9.37. The topological polar surface area (TPSA) is 26.3 Å². The number of Topliss-reactive ketones (excluding diaryl/α,β-unsaturated/α-hetero) is 1. The highest BCUT2D eigenvalue weighted by atomic mass is 28.4. The Labute approximate surface area is 185 Å². The molecule has 2 bridgehead atoms. The van der Waals surface area contributed by atoms with Crippen LogP contribution < -0.4 is 0 Å². The van der Waals surface area contributed by atoms with E-state index in [0.29, 0.717) is 23.2 Å². The molecule has 0 aliphatic heterocycles. The molecule has 0 aromatic carbocycles. The van der Waals surface area contributed by atoms with Gasteiger partial charge in [-0.2, -0.15) is 0 Å². The van der Waals surface area contributed by atoms with Crippen molar-refractivity contribution in [1.29, 1.82) is 0 Å². The highest BCUT2D eigenvalue weighted by molar-refractivity contribution is 6.74. The van der Waals surface area contributed by atoms with Gasteiger partial charge in [-0.25, -0.2) is 0 Å². The minimum Gasteiger partial charge on any atom is -0.413 e. The zero-order valence-electron chi connectivity index (χ0n) is 20.2. The van der Waals surface area contributed by atoms with Gasteiger partial charge in [0.25, 0.3) is 0 Å². The molecule has 3 fully saturated rings. The van der Waals surface area contributed by atoms with E-state index in [1.54, 1.807) is 5.57 Å². The molecule has 0 aromatic rings. The van der Waals surface area contributed by atoms with Crippen LogP contribution in [0.15, 0.2) is 23.3 Å². The van der Waals surface area contributed by atoms with Crippen LogP contribution in [0.5, 0.6) is 0 Å². The van der Waals surface area contributed by atoms with E-state index in [2.05, 4.69) is 52.9 Å².